The second-order valence-corrected chi connectivity index (χ2v) is 25.2. The van der Waals surface area contributed by atoms with Crippen molar-refractivity contribution >= 4 is 19.8 Å². The topological polar surface area (TPSA) is 111 Å². The van der Waals surface area contributed by atoms with Crippen molar-refractivity contribution in [2.75, 3.05) is 47.5 Å². The number of carbonyl (C=O) groups is 2. The SMILES string of the molecule is CC/C=C\C/C=C\C/C=C\C/C=C\C/C=C\C/C=C\CCCCCCCCCCCCCCCCC(=O)OC(COC(=O)CCCCCCCCCCCCCCC/C=C\C/C=C\CCCCCCC)COP(=O)([O-])OCC[N+](C)(C)C. The van der Waals surface area contributed by atoms with Gasteiger partial charge >= 0.3 is 11.9 Å². The Balaban J connectivity index is 4.07. The van der Waals surface area contributed by atoms with Gasteiger partial charge in [-0.05, 0) is 96.3 Å². The summed E-state index contributed by atoms with van der Waals surface area (Å²) in [6, 6.07) is 0. The summed E-state index contributed by atoms with van der Waals surface area (Å²) in [5.41, 5.74) is 0. The molecule has 2 unspecified atom stereocenters. The van der Waals surface area contributed by atoms with Crippen molar-refractivity contribution in [3.8, 4) is 0 Å². The molecule has 0 aliphatic carbocycles. The maximum atomic E-state index is 12.9. The zero-order valence-corrected chi connectivity index (χ0v) is 54.8. The lowest BCUT2D eigenvalue weighted by Gasteiger charge is -2.28. The largest absolute Gasteiger partial charge is 0.756 e. The minimum absolute atomic E-state index is 0.0335. The van der Waals surface area contributed by atoms with Crippen LogP contribution in [-0.2, 0) is 32.7 Å². The molecule has 0 saturated carbocycles. The monoisotopic (exact) mass is 1170 g/mol. The molecule has 0 radical (unpaired) electrons. The van der Waals surface area contributed by atoms with E-state index in [1.165, 1.54) is 180 Å². The van der Waals surface area contributed by atoms with Crippen molar-refractivity contribution in [2.45, 2.75) is 302 Å². The molecule has 0 rings (SSSR count). The summed E-state index contributed by atoms with van der Waals surface area (Å²) in [6.07, 6.45) is 86.2. The predicted molar refractivity (Wildman–Crippen MR) is 351 cm³/mol. The lowest BCUT2D eigenvalue weighted by Crippen LogP contribution is -2.37. The number of phosphoric ester groups is 1. The van der Waals surface area contributed by atoms with E-state index in [0.29, 0.717) is 17.4 Å². The standard InChI is InChI=1S/C72H128NO8P/c1-6-8-10-12-14-16-18-20-22-24-26-28-30-32-33-34-35-36-37-38-39-41-43-45-47-49-51-53-55-57-59-61-63-65-72(75)81-70(69-80-82(76,77)79-67-66-73(3,4)5)68-78-71(74)64-62-60-58-56-54-52-50-48-46-44-42-40-31-29-27-25-23-21-19-17-15-13-11-9-7-2/h8,10,14,16,19-22,25-28,32-33,35-36,70H,6-7,9,11-13,15,17-18,23-24,29-31,34,37-69H2,1-5H3/b10-8-,16-14-,21-19-,22-20-,27-25-,28-26-,33-32-,36-35-. The molecule has 0 spiro atoms. The number of unbranched alkanes of at least 4 members (excludes halogenated alkanes) is 32. The summed E-state index contributed by atoms with van der Waals surface area (Å²) in [5.74, 6) is -0.828. The van der Waals surface area contributed by atoms with Crippen molar-refractivity contribution in [3.05, 3.63) is 97.2 Å². The van der Waals surface area contributed by atoms with E-state index >= 15 is 0 Å². The van der Waals surface area contributed by atoms with Gasteiger partial charge in [-0.2, -0.15) is 0 Å². The number of quaternary nitrogens is 1. The first-order valence-electron chi connectivity index (χ1n) is 33.9. The average Bonchev–Trinajstić information content (AvgIpc) is 3.46. The smallest absolute Gasteiger partial charge is 0.306 e. The first-order chi connectivity index (χ1) is 40.0. The van der Waals surface area contributed by atoms with E-state index in [2.05, 4.69) is 111 Å². The number of ether oxygens (including phenoxy) is 2. The molecular weight excluding hydrogens is 1040 g/mol. The molecule has 0 aromatic rings. The number of rotatable bonds is 62. The number of hydrogen-bond acceptors (Lipinski definition) is 8. The van der Waals surface area contributed by atoms with Gasteiger partial charge in [-0.25, -0.2) is 0 Å². The molecule has 0 aromatic carbocycles. The maximum Gasteiger partial charge on any atom is 0.306 e. The Hall–Kier alpha value is -3.07. The predicted octanol–water partition coefficient (Wildman–Crippen LogP) is 21.3. The molecule has 0 bridgehead atoms. The second-order valence-electron chi connectivity index (χ2n) is 23.8. The fourth-order valence-corrected chi connectivity index (χ4v) is 10.1. The number of phosphoric acid groups is 1. The third-order valence-electron chi connectivity index (χ3n) is 14.6. The van der Waals surface area contributed by atoms with Crippen molar-refractivity contribution in [1.29, 1.82) is 0 Å². The molecule has 0 aromatic heterocycles. The van der Waals surface area contributed by atoms with E-state index in [4.69, 9.17) is 18.5 Å². The van der Waals surface area contributed by atoms with Crippen molar-refractivity contribution < 1.29 is 42.1 Å². The third kappa shape index (κ3) is 66.1. The van der Waals surface area contributed by atoms with Crippen LogP contribution in [0.5, 0.6) is 0 Å². The highest BCUT2D eigenvalue weighted by atomic mass is 31.2. The van der Waals surface area contributed by atoms with Gasteiger partial charge in [0.15, 0.2) is 6.10 Å². The minimum atomic E-state index is -4.65. The van der Waals surface area contributed by atoms with Crippen LogP contribution >= 0.6 is 7.82 Å². The number of carbonyl (C=O) groups excluding carboxylic acids is 2. The fourth-order valence-electron chi connectivity index (χ4n) is 9.40. The average molecular weight is 1170 g/mol. The number of likely N-dealkylation sites (N-methyl/N-ethyl adjacent to an activating group) is 1. The summed E-state index contributed by atoms with van der Waals surface area (Å²) < 4.78 is 34.3. The number of hydrogen-bond donors (Lipinski definition) is 0. The van der Waals surface area contributed by atoms with E-state index in [0.717, 1.165) is 83.5 Å². The van der Waals surface area contributed by atoms with Gasteiger partial charge in [0, 0.05) is 12.8 Å². The van der Waals surface area contributed by atoms with Crippen LogP contribution in [0.1, 0.15) is 296 Å². The Morgan fingerprint density at radius 3 is 1.04 bits per heavy atom. The molecule has 0 heterocycles. The highest BCUT2D eigenvalue weighted by molar-refractivity contribution is 7.45. The zero-order chi connectivity index (χ0) is 59.8. The Kier molecular flexibility index (Phi) is 60.1. The second kappa shape index (κ2) is 62.5. The minimum Gasteiger partial charge on any atom is -0.756 e. The Morgan fingerprint density at radius 2 is 0.695 bits per heavy atom. The molecule has 0 aliphatic rings. The van der Waals surface area contributed by atoms with Gasteiger partial charge in [0.2, 0.25) is 0 Å². The Morgan fingerprint density at radius 1 is 0.390 bits per heavy atom. The molecule has 82 heavy (non-hydrogen) atoms. The van der Waals surface area contributed by atoms with Crippen LogP contribution in [0, 0.1) is 0 Å². The Labute approximate surface area is 506 Å². The van der Waals surface area contributed by atoms with E-state index in [-0.39, 0.29) is 32.0 Å². The highest BCUT2D eigenvalue weighted by Gasteiger charge is 2.22. The van der Waals surface area contributed by atoms with Gasteiger partial charge in [0.05, 0.1) is 27.7 Å². The van der Waals surface area contributed by atoms with Gasteiger partial charge in [0.25, 0.3) is 7.82 Å². The molecule has 2 atom stereocenters. The summed E-state index contributed by atoms with van der Waals surface area (Å²) >= 11 is 0. The molecule has 0 aliphatic heterocycles. The van der Waals surface area contributed by atoms with Gasteiger partial charge in [-0.15, -0.1) is 0 Å². The van der Waals surface area contributed by atoms with Gasteiger partial charge in [-0.1, -0.05) is 284 Å². The zero-order valence-electron chi connectivity index (χ0n) is 53.9. The first kappa shape index (κ1) is 78.9. The lowest BCUT2D eigenvalue weighted by atomic mass is 10.0. The number of allylic oxidation sites excluding steroid dienone is 16. The normalized spacial score (nSPS) is 13.8. The summed E-state index contributed by atoms with van der Waals surface area (Å²) in [6.45, 7) is 4.14. The highest BCUT2D eigenvalue weighted by Crippen LogP contribution is 2.38. The van der Waals surface area contributed by atoms with Crippen LogP contribution in [0.15, 0.2) is 97.2 Å². The molecule has 0 fully saturated rings. The van der Waals surface area contributed by atoms with Crippen LogP contribution in [0.25, 0.3) is 0 Å². The van der Waals surface area contributed by atoms with Gasteiger partial charge < -0.3 is 27.9 Å². The van der Waals surface area contributed by atoms with E-state index in [1.807, 2.05) is 21.1 Å². The van der Waals surface area contributed by atoms with Crippen molar-refractivity contribution in [3.63, 3.8) is 0 Å². The molecule has 9 nitrogen and oxygen atoms in total. The summed E-state index contributed by atoms with van der Waals surface area (Å²) in [4.78, 5) is 38.0. The number of esters is 2. The van der Waals surface area contributed by atoms with Gasteiger partial charge in [-0.3, -0.25) is 14.2 Å². The van der Waals surface area contributed by atoms with E-state index < -0.39 is 26.5 Å². The first-order valence-corrected chi connectivity index (χ1v) is 35.4. The third-order valence-corrected chi connectivity index (χ3v) is 15.6. The van der Waals surface area contributed by atoms with Crippen LogP contribution in [0.4, 0.5) is 0 Å². The molecule has 0 N–H and O–H groups in total. The van der Waals surface area contributed by atoms with E-state index in [1.54, 1.807) is 0 Å². The molecule has 0 saturated heterocycles. The fraction of sp³-hybridized carbons (Fsp3) is 0.750. The Bertz CT molecular complexity index is 1710. The quantitative estimate of drug-likeness (QED) is 0.0195. The van der Waals surface area contributed by atoms with Crippen LogP contribution in [0.3, 0.4) is 0 Å². The van der Waals surface area contributed by atoms with Crippen LogP contribution in [-0.4, -0.2) is 70.0 Å². The summed E-state index contributed by atoms with van der Waals surface area (Å²) in [5, 5.41) is 0. The van der Waals surface area contributed by atoms with Crippen LogP contribution < -0.4 is 4.89 Å². The van der Waals surface area contributed by atoms with Crippen molar-refractivity contribution in [2.24, 2.45) is 0 Å². The van der Waals surface area contributed by atoms with Crippen LogP contribution in [0.2, 0.25) is 0 Å². The van der Waals surface area contributed by atoms with E-state index in [9.17, 15) is 19.0 Å². The van der Waals surface area contributed by atoms with Gasteiger partial charge in [0.1, 0.15) is 19.8 Å². The van der Waals surface area contributed by atoms with Crippen molar-refractivity contribution in [1.82, 2.24) is 0 Å². The summed E-state index contributed by atoms with van der Waals surface area (Å²) in [7, 11) is 1.17. The molecule has 10 heteroatoms. The molecule has 474 valence electrons. The number of nitrogens with zero attached hydrogens (tertiary/aromatic N) is 1. The lowest BCUT2D eigenvalue weighted by molar-refractivity contribution is -0.870. The molecular formula is C72H128NO8P. The molecule has 0 amide bonds. The maximum absolute atomic E-state index is 12.9.